The summed E-state index contributed by atoms with van der Waals surface area (Å²) in [4.78, 5) is 11.5. The second kappa shape index (κ2) is 12.8. The molecular weight excluding hydrogens is 322 g/mol. The lowest BCUT2D eigenvalue weighted by Gasteiger charge is -2.18. The number of carbonyl (C=O) groups is 1. The molecule has 0 saturated carbocycles. The van der Waals surface area contributed by atoms with Crippen LogP contribution in [0.25, 0.3) is 6.08 Å². The molecule has 0 saturated heterocycles. The van der Waals surface area contributed by atoms with E-state index in [9.17, 15) is 13.2 Å². The van der Waals surface area contributed by atoms with E-state index in [0.717, 1.165) is 17.4 Å². The summed E-state index contributed by atoms with van der Waals surface area (Å²) in [5.41, 5.74) is 2.07. The van der Waals surface area contributed by atoms with Crippen LogP contribution in [-0.4, -0.2) is 20.6 Å². The highest BCUT2D eigenvalue weighted by atomic mass is 32.2. The third kappa shape index (κ3) is 10.2. The molecule has 0 heterocycles. The SMILES string of the molecule is CC.CC.CC(C)C(C)c1ccccc1/C=C/C(=O)NS(C)(=O)=O. The fraction of sp³-hybridized carbons (Fsp3) is 0.526. The molecule has 0 aromatic heterocycles. The van der Waals surface area contributed by atoms with Crippen molar-refractivity contribution in [1.82, 2.24) is 4.72 Å². The van der Waals surface area contributed by atoms with Gasteiger partial charge in [-0.2, -0.15) is 0 Å². The van der Waals surface area contributed by atoms with E-state index in [1.54, 1.807) is 6.08 Å². The quantitative estimate of drug-likeness (QED) is 0.786. The van der Waals surface area contributed by atoms with Crippen molar-refractivity contribution >= 4 is 22.0 Å². The van der Waals surface area contributed by atoms with Gasteiger partial charge in [0.25, 0.3) is 5.91 Å². The van der Waals surface area contributed by atoms with Crippen molar-refractivity contribution in [1.29, 1.82) is 0 Å². The first-order chi connectivity index (χ1) is 11.2. The lowest BCUT2D eigenvalue weighted by atomic mass is 9.87. The first-order valence-electron chi connectivity index (χ1n) is 8.49. The maximum Gasteiger partial charge on any atom is 0.257 e. The van der Waals surface area contributed by atoms with Gasteiger partial charge in [0, 0.05) is 6.08 Å². The summed E-state index contributed by atoms with van der Waals surface area (Å²) in [6.07, 6.45) is 3.84. The van der Waals surface area contributed by atoms with E-state index >= 15 is 0 Å². The van der Waals surface area contributed by atoms with Crippen LogP contribution in [0.15, 0.2) is 30.3 Å². The predicted octanol–water partition coefficient (Wildman–Crippen LogP) is 4.59. The van der Waals surface area contributed by atoms with Crippen LogP contribution >= 0.6 is 0 Å². The van der Waals surface area contributed by atoms with Crippen LogP contribution in [0.2, 0.25) is 0 Å². The van der Waals surface area contributed by atoms with Gasteiger partial charge in [-0.25, -0.2) is 13.1 Å². The smallest absolute Gasteiger partial charge is 0.257 e. The average molecular weight is 356 g/mol. The van der Waals surface area contributed by atoms with Gasteiger partial charge in [0.2, 0.25) is 10.0 Å². The predicted molar refractivity (Wildman–Crippen MR) is 104 cm³/mol. The van der Waals surface area contributed by atoms with Crippen LogP contribution in [0, 0.1) is 5.92 Å². The average Bonchev–Trinajstić information content (AvgIpc) is 2.54. The number of hydrogen-bond donors (Lipinski definition) is 1. The molecule has 1 unspecified atom stereocenters. The third-order valence-corrected chi connectivity index (χ3v) is 3.76. The van der Waals surface area contributed by atoms with Crippen LogP contribution in [-0.2, 0) is 14.8 Å². The second-order valence-electron chi connectivity index (χ2n) is 5.23. The highest BCUT2D eigenvalue weighted by Gasteiger charge is 2.12. The summed E-state index contributed by atoms with van der Waals surface area (Å²) in [5, 5.41) is 0. The van der Waals surface area contributed by atoms with Crippen molar-refractivity contribution < 1.29 is 13.2 Å². The Balaban J connectivity index is 0. The lowest BCUT2D eigenvalue weighted by molar-refractivity contribution is -0.114. The highest BCUT2D eigenvalue weighted by Crippen LogP contribution is 2.27. The molecule has 0 bridgehead atoms. The molecule has 138 valence electrons. The molecular formula is C19H33NO3S. The standard InChI is InChI=1S/C15H21NO3S.2C2H6/c1-11(2)12(3)14-8-6-5-7-13(14)9-10-15(17)16-20(4,18)19;2*1-2/h5-12H,1-4H3,(H,16,17);2*1-2H3/b10-9+;;. The maximum absolute atomic E-state index is 11.5. The Morgan fingerprint density at radius 2 is 1.54 bits per heavy atom. The summed E-state index contributed by atoms with van der Waals surface area (Å²) in [7, 11) is -3.52. The maximum atomic E-state index is 11.5. The summed E-state index contributed by atoms with van der Waals surface area (Å²) in [6.45, 7) is 14.4. The van der Waals surface area contributed by atoms with Crippen molar-refractivity contribution in [2.24, 2.45) is 5.92 Å². The minimum Gasteiger partial charge on any atom is -0.269 e. The van der Waals surface area contributed by atoms with Gasteiger partial charge in [-0.15, -0.1) is 0 Å². The Morgan fingerprint density at radius 3 is 2.00 bits per heavy atom. The van der Waals surface area contributed by atoms with Gasteiger partial charge in [0.05, 0.1) is 6.26 Å². The number of nitrogens with one attached hydrogen (secondary N) is 1. The Bertz CT molecular complexity index is 605. The van der Waals surface area contributed by atoms with Crippen LogP contribution in [0.5, 0.6) is 0 Å². The van der Waals surface area contributed by atoms with Crippen LogP contribution in [0.3, 0.4) is 0 Å². The summed E-state index contributed by atoms with van der Waals surface area (Å²) in [5.74, 6) is 0.197. The largest absolute Gasteiger partial charge is 0.269 e. The molecule has 24 heavy (non-hydrogen) atoms. The molecule has 0 aliphatic rings. The molecule has 0 spiro atoms. The topological polar surface area (TPSA) is 63.2 Å². The Kier molecular flexibility index (Phi) is 13.1. The van der Waals surface area contributed by atoms with Crippen molar-refractivity contribution in [2.75, 3.05) is 6.26 Å². The van der Waals surface area contributed by atoms with E-state index in [0.29, 0.717) is 11.8 Å². The zero-order valence-electron chi connectivity index (χ0n) is 16.3. The summed E-state index contributed by atoms with van der Waals surface area (Å²) < 4.78 is 23.8. The highest BCUT2D eigenvalue weighted by molar-refractivity contribution is 7.89. The fourth-order valence-electron chi connectivity index (χ4n) is 1.82. The molecule has 1 aromatic carbocycles. The molecule has 0 aliphatic carbocycles. The summed E-state index contributed by atoms with van der Waals surface area (Å²) in [6, 6.07) is 7.80. The molecule has 1 rings (SSSR count). The van der Waals surface area contributed by atoms with Crippen LogP contribution < -0.4 is 4.72 Å². The van der Waals surface area contributed by atoms with E-state index in [2.05, 4.69) is 20.8 Å². The number of sulfonamides is 1. The normalized spacial score (nSPS) is 11.9. The Morgan fingerprint density at radius 1 is 1.04 bits per heavy atom. The molecule has 0 fully saturated rings. The number of hydrogen-bond acceptors (Lipinski definition) is 3. The van der Waals surface area contributed by atoms with E-state index in [4.69, 9.17) is 0 Å². The molecule has 4 nitrogen and oxygen atoms in total. The van der Waals surface area contributed by atoms with Crippen molar-refractivity contribution in [2.45, 2.75) is 54.4 Å². The third-order valence-electron chi connectivity index (χ3n) is 3.19. The molecule has 5 heteroatoms. The number of amides is 1. The molecule has 0 aliphatic heterocycles. The van der Waals surface area contributed by atoms with Crippen molar-refractivity contribution in [3.05, 3.63) is 41.5 Å². The second-order valence-corrected chi connectivity index (χ2v) is 6.98. The van der Waals surface area contributed by atoms with Gasteiger partial charge in [-0.05, 0) is 29.0 Å². The first-order valence-corrected chi connectivity index (χ1v) is 10.4. The van der Waals surface area contributed by atoms with Gasteiger partial charge in [-0.3, -0.25) is 4.79 Å². The fourth-order valence-corrected chi connectivity index (χ4v) is 2.25. The Hall–Kier alpha value is -1.62. The van der Waals surface area contributed by atoms with E-state index in [1.165, 1.54) is 6.08 Å². The number of benzene rings is 1. The van der Waals surface area contributed by atoms with Gasteiger partial charge < -0.3 is 0 Å². The molecule has 1 aromatic rings. The molecule has 1 N–H and O–H groups in total. The molecule has 1 atom stereocenters. The minimum absolute atomic E-state index is 0.355. The zero-order chi connectivity index (χ0) is 19.3. The summed E-state index contributed by atoms with van der Waals surface area (Å²) >= 11 is 0. The van der Waals surface area contributed by atoms with Gasteiger partial charge >= 0.3 is 0 Å². The van der Waals surface area contributed by atoms with Crippen molar-refractivity contribution in [3.63, 3.8) is 0 Å². The van der Waals surface area contributed by atoms with Gasteiger partial charge in [-0.1, -0.05) is 72.7 Å². The van der Waals surface area contributed by atoms with Crippen LogP contribution in [0.1, 0.15) is 65.5 Å². The Labute approximate surface area is 148 Å². The number of rotatable bonds is 5. The van der Waals surface area contributed by atoms with Gasteiger partial charge in [0.15, 0.2) is 0 Å². The zero-order valence-corrected chi connectivity index (χ0v) is 17.1. The van der Waals surface area contributed by atoms with Crippen molar-refractivity contribution in [3.8, 4) is 0 Å². The monoisotopic (exact) mass is 355 g/mol. The molecule has 0 radical (unpaired) electrons. The van der Waals surface area contributed by atoms with Crippen LogP contribution in [0.4, 0.5) is 0 Å². The molecule has 1 amide bonds. The van der Waals surface area contributed by atoms with E-state index in [-0.39, 0.29) is 0 Å². The lowest BCUT2D eigenvalue weighted by Crippen LogP contribution is -2.27. The van der Waals surface area contributed by atoms with E-state index < -0.39 is 15.9 Å². The minimum atomic E-state index is -3.52. The van der Waals surface area contributed by atoms with Gasteiger partial charge in [0.1, 0.15) is 0 Å². The first kappa shape index (κ1) is 24.6. The van der Waals surface area contributed by atoms with E-state index in [1.807, 2.05) is 56.7 Å². The number of carbonyl (C=O) groups excluding carboxylic acids is 1.